The van der Waals surface area contributed by atoms with E-state index in [1.165, 1.54) is 27.0 Å². The Morgan fingerprint density at radius 2 is 1.28 bits per heavy atom. The van der Waals surface area contributed by atoms with Crippen LogP contribution in [0, 0.1) is 5.92 Å². The number of nitrogens with zero attached hydrogens (tertiary/aromatic N) is 5. The van der Waals surface area contributed by atoms with Gasteiger partial charge < -0.3 is 24.9 Å². The summed E-state index contributed by atoms with van der Waals surface area (Å²) < 4.78 is 7.52. The van der Waals surface area contributed by atoms with Crippen molar-refractivity contribution < 1.29 is 33.2 Å². The number of carbonyl (C=O) groups excluding carboxylic acids is 6. The Bertz CT molecular complexity index is 1860. The molecule has 6 aliphatic rings. The van der Waals surface area contributed by atoms with Gasteiger partial charge in [-0.3, -0.25) is 43.8 Å². The smallest absolute Gasteiger partial charge is 0.261 e. The van der Waals surface area contributed by atoms with Gasteiger partial charge in [0.15, 0.2) is 8.32 Å². The molecule has 19 heteroatoms. The standard InChI is InChI=1S/C41H63ClN10O7Si/c1-8-60(9-2,10-3)59-41-23-32-34(53)47-33(24(4)5)39(58)52-31(16-13-21-45-52)38(57)51-29(14-11-20-44-51)36(55)48(7)25(6)35(54)50-30(15-12-19-43-50)37(56)49(32)40(41)46-28-22-26(42)17-18-27(28)41/h17-18,22,24-25,29-33,40,43-46H,8-16,19-21,23H2,1-7H3,(H,47,53)/t25-,29+,30+,31-,32-,33+,40-,41+/m0/s1. The maximum absolute atomic E-state index is 15.6. The van der Waals surface area contributed by atoms with Crippen LogP contribution in [0.25, 0.3) is 0 Å². The fourth-order valence-electron chi connectivity index (χ4n) is 10.1. The summed E-state index contributed by atoms with van der Waals surface area (Å²) in [5, 5.41) is 11.1. The molecule has 1 aromatic rings. The van der Waals surface area contributed by atoms with E-state index in [2.05, 4.69) is 47.7 Å². The molecule has 6 amide bonds. The molecule has 5 fully saturated rings. The molecule has 330 valence electrons. The number of halogens is 1. The lowest BCUT2D eigenvalue weighted by Crippen LogP contribution is -2.69. The summed E-state index contributed by atoms with van der Waals surface area (Å²) >= 11 is 6.56. The molecule has 6 heterocycles. The first-order valence-corrected chi connectivity index (χ1v) is 24.9. The summed E-state index contributed by atoms with van der Waals surface area (Å²) in [6, 6.07) is 1.72. The van der Waals surface area contributed by atoms with E-state index < -0.39 is 97.7 Å². The summed E-state index contributed by atoms with van der Waals surface area (Å²) in [6.45, 7) is 12.9. The fraction of sp³-hybridized carbons (Fsp3) is 0.707. The molecule has 0 bridgehead atoms. The first kappa shape index (κ1) is 44.2. The van der Waals surface area contributed by atoms with Crippen molar-refractivity contribution in [1.29, 1.82) is 0 Å². The number of nitrogens with one attached hydrogen (secondary N) is 5. The predicted molar refractivity (Wildman–Crippen MR) is 227 cm³/mol. The van der Waals surface area contributed by atoms with Crippen LogP contribution >= 0.6 is 11.6 Å². The summed E-state index contributed by atoms with van der Waals surface area (Å²) in [5.74, 6) is -3.30. The fourth-order valence-corrected chi connectivity index (χ4v) is 13.3. The first-order valence-electron chi connectivity index (χ1n) is 22.0. The van der Waals surface area contributed by atoms with Gasteiger partial charge in [-0.05, 0) is 81.6 Å². The van der Waals surface area contributed by atoms with Crippen LogP contribution < -0.4 is 26.9 Å². The Morgan fingerprint density at radius 3 is 1.85 bits per heavy atom. The number of fused-ring (bicyclic) bond motifs is 8. The quantitative estimate of drug-likeness (QED) is 0.265. The largest absolute Gasteiger partial charge is 0.403 e. The van der Waals surface area contributed by atoms with Gasteiger partial charge in [0.05, 0.1) is 0 Å². The minimum absolute atomic E-state index is 0.0808. The average molecular weight is 872 g/mol. The molecule has 8 atom stereocenters. The third kappa shape index (κ3) is 7.58. The van der Waals surface area contributed by atoms with Crippen molar-refractivity contribution in [3.63, 3.8) is 0 Å². The molecule has 5 N–H and O–H groups in total. The first-order chi connectivity index (χ1) is 28.6. The van der Waals surface area contributed by atoms with E-state index in [0.29, 0.717) is 68.9 Å². The second-order valence-corrected chi connectivity index (χ2v) is 22.7. The number of amides is 6. The van der Waals surface area contributed by atoms with Gasteiger partial charge in [0.2, 0.25) is 17.7 Å². The van der Waals surface area contributed by atoms with E-state index in [0.717, 1.165) is 23.7 Å². The normalized spacial score (nSPS) is 32.1. The summed E-state index contributed by atoms with van der Waals surface area (Å²) in [4.78, 5) is 91.9. The zero-order chi connectivity index (χ0) is 43.3. The van der Waals surface area contributed by atoms with Crippen molar-refractivity contribution in [2.75, 3.05) is 32.0 Å². The van der Waals surface area contributed by atoms with Crippen molar-refractivity contribution >= 4 is 61.0 Å². The number of benzene rings is 1. The minimum atomic E-state index is -2.48. The minimum Gasteiger partial charge on any atom is -0.403 e. The van der Waals surface area contributed by atoms with Gasteiger partial charge in [-0.2, -0.15) is 0 Å². The molecule has 1 aromatic carbocycles. The Labute approximate surface area is 359 Å². The highest BCUT2D eigenvalue weighted by atomic mass is 35.5. The lowest BCUT2D eigenvalue weighted by atomic mass is 9.90. The third-order valence-electron chi connectivity index (χ3n) is 14.0. The van der Waals surface area contributed by atoms with Gasteiger partial charge in [0, 0.05) is 49.4 Å². The SMILES string of the molecule is CC[Si](CC)(CC)O[C@@]12C[C@H]3C(=O)N[C@H](C(C)C)C(=O)N4NCCC[C@H]4C(=O)N4NCCC[C@@H]4C(=O)N(C)[C@@H](C)C(=O)N4NCCC[C@@H]4C(=O)N3[C@@H]1Nc1cc(Cl)ccc12. The molecule has 0 aliphatic carbocycles. The van der Waals surface area contributed by atoms with Gasteiger partial charge in [0.25, 0.3) is 17.7 Å². The van der Waals surface area contributed by atoms with Crippen LogP contribution in [0.15, 0.2) is 18.2 Å². The molecular weight excluding hydrogens is 808 g/mol. The van der Waals surface area contributed by atoms with Crippen LogP contribution in [0.5, 0.6) is 0 Å². The van der Waals surface area contributed by atoms with Crippen LogP contribution in [0.1, 0.15) is 92.1 Å². The van der Waals surface area contributed by atoms with Crippen molar-refractivity contribution in [3.05, 3.63) is 28.8 Å². The molecule has 0 saturated carbocycles. The van der Waals surface area contributed by atoms with Gasteiger partial charge in [-0.1, -0.05) is 52.3 Å². The number of hydrazine groups is 3. The van der Waals surface area contributed by atoms with Gasteiger partial charge in [0.1, 0.15) is 48.0 Å². The monoisotopic (exact) mass is 870 g/mol. The van der Waals surface area contributed by atoms with Crippen molar-refractivity contribution in [3.8, 4) is 0 Å². The van der Waals surface area contributed by atoms with Gasteiger partial charge in [-0.25, -0.2) is 16.3 Å². The topological polar surface area (TPSA) is 188 Å². The van der Waals surface area contributed by atoms with Crippen molar-refractivity contribution in [2.24, 2.45) is 5.92 Å². The number of carbonyl (C=O) groups is 6. The molecular formula is C41H63ClN10O7Si. The number of hydrogen-bond acceptors (Lipinski definition) is 11. The summed E-state index contributed by atoms with van der Waals surface area (Å²) in [6.07, 6.45) is 1.99. The number of likely N-dealkylation sites (N-methyl/N-ethyl adjacent to an activating group) is 1. The highest BCUT2D eigenvalue weighted by Crippen LogP contribution is 2.55. The molecule has 0 unspecified atom stereocenters. The van der Waals surface area contributed by atoms with Crippen LogP contribution in [0.3, 0.4) is 0 Å². The van der Waals surface area contributed by atoms with Crippen LogP contribution in [0.4, 0.5) is 5.69 Å². The molecule has 6 aliphatic heterocycles. The Balaban J connectivity index is 1.37. The van der Waals surface area contributed by atoms with E-state index in [-0.39, 0.29) is 6.42 Å². The average Bonchev–Trinajstić information content (AvgIpc) is 3.74. The maximum Gasteiger partial charge on any atom is 0.261 e. The Hall–Kier alpha value is -3.81. The maximum atomic E-state index is 15.6. The third-order valence-corrected chi connectivity index (χ3v) is 18.9. The second kappa shape index (κ2) is 17.5. The van der Waals surface area contributed by atoms with Crippen LogP contribution in [-0.2, 0) is 38.8 Å². The molecule has 60 heavy (non-hydrogen) atoms. The highest BCUT2D eigenvalue weighted by Gasteiger charge is 2.65. The van der Waals surface area contributed by atoms with E-state index in [1.54, 1.807) is 24.0 Å². The van der Waals surface area contributed by atoms with Crippen LogP contribution in [0.2, 0.25) is 23.2 Å². The molecule has 0 spiro atoms. The highest BCUT2D eigenvalue weighted by molar-refractivity contribution is 6.73. The lowest BCUT2D eigenvalue weighted by Gasteiger charge is -2.45. The van der Waals surface area contributed by atoms with E-state index >= 15 is 9.59 Å². The van der Waals surface area contributed by atoms with E-state index in [9.17, 15) is 19.2 Å². The van der Waals surface area contributed by atoms with Gasteiger partial charge in [-0.15, -0.1) is 0 Å². The number of anilines is 1. The molecule has 17 nitrogen and oxygen atoms in total. The van der Waals surface area contributed by atoms with E-state index in [1.807, 2.05) is 19.9 Å². The molecule has 0 aromatic heterocycles. The second-order valence-electron chi connectivity index (χ2n) is 17.6. The number of rotatable bonds is 6. The zero-order valence-corrected chi connectivity index (χ0v) is 37.8. The van der Waals surface area contributed by atoms with E-state index in [4.69, 9.17) is 16.0 Å². The summed E-state index contributed by atoms with van der Waals surface area (Å²) in [7, 11) is -0.944. The molecule has 5 saturated heterocycles. The number of hydrogen-bond donors (Lipinski definition) is 5. The molecule has 7 rings (SSSR count). The molecule has 0 radical (unpaired) electrons. The lowest BCUT2D eigenvalue weighted by molar-refractivity contribution is -0.165. The van der Waals surface area contributed by atoms with Crippen molar-refractivity contribution in [1.82, 2.24) is 46.4 Å². The Morgan fingerprint density at radius 1 is 0.750 bits per heavy atom. The Kier molecular flexibility index (Phi) is 12.9. The van der Waals surface area contributed by atoms with Gasteiger partial charge >= 0.3 is 0 Å². The van der Waals surface area contributed by atoms with Crippen LogP contribution in [-0.4, -0.2) is 138 Å². The summed E-state index contributed by atoms with van der Waals surface area (Å²) in [5.41, 5.74) is 9.74. The van der Waals surface area contributed by atoms with Crippen molar-refractivity contribution in [2.45, 2.75) is 153 Å². The predicted octanol–water partition coefficient (Wildman–Crippen LogP) is 2.40. The zero-order valence-electron chi connectivity index (χ0n) is 36.0.